The van der Waals surface area contributed by atoms with Crippen LogP contribution < -0.4 is 10.2 Å². The molecule has 0 spiro atoms. The van der Waals surface area contributed by atoms with Crippen molar-refractivity contribution in [2.75, 3.05) is 35.7 Å². The molecule has 2 atom stereocenters. The molecular formula is C25H29F3N6O4S. The maximum absolute atomic E-state index is 12.7. The van der Waals surface area contributed by atoms with Crippen LogP contribution in [0, 0.1) is 5.92 Å². The molecule has 0 aliphatic carbocycles. The number of hydrogen-bond acceptors (Lipinski definition) is 9. The van der Waals surface area contributed by atoms with Gasteiger partial charge >= 0.3 is 12.1 Å². The zero-order valence-electron chi connectivity index (χ0n) is 21.5. The molecule has 0 amide bonds. The van der Waals surface area contributed by atoms with Crippen molar-refractivity contribution in [2.45, 2.75) is 56.1 Å². The van der Waals surface area contributed by atoms with Crippen LogP contribution in [0.4, 0.5) is 24.9 Å². The second-order valence-electron chi connectivity index (χ2n) is 9.99. The first-order chi connectivity index (χ1) is 18.6. The smallest absolute Gasteiger partial charge is 0.463 e. The summed E-state index contributed by atoms with van der Waals surface area (Å²) < 4.78 is 60.6. The van der Waals surface area contributed by atoms with Crippen LogP contribution in [0.3, 0.4) is 0 Å². The van der Waals surface area contributed by atoms with E-state index in [1.807, 2.05) is 18.2 Å². The number of esters is 1. The quantitative estimate of drug-likeness (QED) is 0.388. The van der Waals surface area contributed by atoms with Gasteiger partial charge in [-0.3, -0.25) is 9.31 Å². The van der Waals surface area contributed by atoms with Crippen molar-refractivity contribution in [3.05, 3.63) is 35.9 Å². The molecule has 0 bridgehead atoms. The molecule has 5 rings (SSSR count). The summed E-state index contributed by atoms with van der Waals surface area (Å²) >= 11 is 0. The number of piperidine rings is 1. The predicted molar refractivity (Wildman–Crippen MR) is 137 cm³/mol. The first-order valence-corrected chi connectivity index (χ1v) is 14.1. The van der Waals surface area contributed by atoms with E-state index in [1.54, 1.807) is 20.1 Å². The molecule has 210 valence electrons. The molecule has 0 aromatic carbocycles. The Morgan fingerprint density at radius 1 is 1.31 bits per heavy atom. The minimum absolute atomic E-state index is 0.203. The number of halogens is 3. The van der Waals surface area contributed by atoms with Crippen LogP contribution >= 0.6 is 0 Å². The highest BCUT2D eigenvalue weighted by Gasteiger charge is 2.41. The number of rotatable bonds is 8. The van der Waals surface area contributed by atoms with Gasteiger partial charge in [-0.25, -0.2) is 9.78 Å². The monoisotopic (exact) mass is 566 g/mol. The molecule has 1 saturated heterocycles. The van der Waals surface area contributed by atoms with Crippen molar-refractivity contribution in [1.29, 1.82) is 0 Å². The Balaban J connectivity index is 1.30. The molecule has 2 aliphatic rings. The Kier molecular flexibility index (Phi) is 7.65. The number of nitrogens with zero attached hydrogens (tertiary/aromatic N) is 4. The Morgan fingerprint density at radius 3 is 2.74 bits per heavy atom. The largest absolute Gasteiger partial charge is 0.490 e. The maximum atomic E-state index is 12.7. The third-order valence-electron chi connectivity index (χ3n) is 7.02. The Morgan fingerprint density at radius 2 is 2.08 bits per heavy atom. The normalized spacial score (nSPS) is 18.8. The first kappa shape index (κ1) is 27.2. The lowest BCUT2D eigenvalue weighted by Gasteiger charge is -2.32. The second-order valence-corrected chi connectivity index (χ2v) is 11.5. The highest BCUT2D eigenvalue weighted by atomic mass is 32.2. The molecule has 5 heterocycles. The first-order valence-electron chi connectivity index (χ1n) is 12.7. The van der Waals surface area contributed by atoms with E-state index in [0.717, 1.165) is 24.2 Å². The van der Waals surface area contributed by atoms with Crippen LogP contribution in [0.15, 0.2) is 33.8 Å². The van der Waals surface area contributed by atoms with Gasteiger partial charge in [0.15, 0.2) is 5.76 Å². The topological polar surface area (TPSA) is 126 Å². The Bertz CT molecular complexity index is 1340. The molecule has 3 aromatic rings. The zero-order valence-corrected chi connectivity index (χ0v) is 22.3. The van der Waals surface area contributed by atoms with Crippen molar-refractivity contribution in [3.63, 3.8) is 0 Å². The van der Waals surface area contributed by atoms with E-state index in [4.69, 9.17) is 9.40 Å². The van der Waals surface area contributed by atoms with Crippen LogP contribution in [0.1, 0.15) is 44.0 Å². The number of ether oxygens (including phenoxy) is 1. The van der Waals surface area contributed by atoms with Gasteiger partial charge in [-0.05, 0) is 37.0 Å². The lowest BCUT2D eigenvalue weighted by Crippen LogP contribution is -2.37. The number of carbonyl (C=O) groups is 1. The summed E-state index contributed by atoms with van der Waals surface area (Å²) in [5.41, 5.74) is 2.44. The van der Waals surface area contributed by atoms with Gasteiger partial charge in [-0.2, -0.15) is 23.3 Å². The number of H-pyrrole nitrogens is 1. The average molecular weight is 567 g/mol. The van der Waals surface area contributed by atoms with E-state index >= 15 is 0 Å². The maximum Gasteiger partial charge on any atom is 0.490 e. The number of anilines is 2. The van der Waals surface area contributed by atoms with E-state index in [2.05, 4.69) is 30.1 Å². The zero-order chi connectivity index (χ0) is 27.7. The van der Waals surface area contributed by atoms with Crippen LogP contribution in [0.2, 0.25) is 0 Å². The van der Waals surface area contributed by atoms with Crippen LogP contribution in [0.25, 0.3) is 11.5 Å². The molecule has 0 saturated carbocycles. The molecule has 39 heavy (non-hydrogen) atoms. The number of aryl methyl sites for hydroxylation is 1. The SMILES string of the molecule is CC(C)C(COC(=O)C(F)(F)F)Nc1nc(N2CCC(c3cc(-c4ccco4)n[nH]3)CC2)nc2c1[S@](=O)CC2. The van der Waals surface area contributed by atoms with E-state index < -0.39 is 35.6 Å². The van der Waals surface area contributed by atoms with E-state index in [0.29, 0.717) is 53.4 Å². The molecule has 14 heteroatoms. The lowest BCUT2D eigenvalue weighted by molar-refractivity contribution is -0.200. The van der Waals surface area contributed by atoms with Gasteiger partial charge in [0, 0.05) is 36.9 Å². The molecule has 1 fully saturated rings. The Hall–Kier alpha value is -3.42. The van der Waals surface area contributed by atoms with E-state index in [9.17, 15) is 22.2 Å². The summed E-state index contributed by atoms with van der Waals surface area (Å²) in [5, 5.41) is 10.6. The van der Waals surface area contributed by atoms with E-state index in [1.165, 1.54) is 0 Å². The number of furan rings is 1. The number of aromatic nitrogens is 4. The van der Waals surface area contributed by atoms with Crippen molar-refractivity contribution < 1.29 is 31.3 Å². The number of hydrogen-bond donors (Lipinski definition) is 2. The number of carbonyl (C=O) groups excluding carboxylic acids is 1. The number of aromatic amines is 1. The van der Waals surface area contributed by atoms with E-state index in [-0.39, 0.29) is 11.8 Å². The van der Waals surface area contributed by atoms with Gasteiger partial charge in [0.1, 0.15) is 23.0 Å². The van der Waals surface area contributed by atoms with Gasteiger partial charge in [0.25, 0.3) is 0 Å². The van der Waals surface area contributed by atoms with Crippen molar-refractivity contribution >= 4 is 28.5 Å². The molecular weight excluding hydrogens is 537 g/mol. The molecule has 2 aliphatic heterocycles. The molecule has 10 nitrogen and oxygen atoms in total. The third kappa shape index (κ3) is 5.94. The van der Waals surface area contributed by atoms with Gasteiger partial charge in [0.05, 0.1) is 28.8 Å². The fraction of sp³-hybridized carbons (Fsp3) is 0.520. The van der Waals surface area contributed by atoms with Crippen LogP contribution in [0.5, 0.6) is 0 Å². The minimum Gasteiger partial charge on any atom is -0.463 e. The summed E-state index contributed by atoms with van der Waals surface area (Å²) in [6.07, 6.45) is -1.29. The molecule has 1 unspecified atom stereocenters. The van der Waals surface area contributed by atoms with Gasteiger partial charge in [-0.15, -0.1) is 0 Å². The minimum atomic E-state index is -5.07. The average Bonchev–Trinajstić information content (AvgIpc) is 3.67. The number of fused-ring (bicyclic) bond motifs is 1. The Labute approximate surface area is 225 Å². The van der Waals surface area contributed by atoms with Gasteiger partial charge < -0.3 is 19.4 Å². The summed E-state index contributed by atoms with van der Waals surface area (Å²) in [4.78, 5) is 23.2. The second kappa shape index (κ2) is 11.0. The molecule has 2 N–H and O–H groups in total. The van der Waals surface area contributed by atoms with Crippen LogP contribution in [-0.2, 0) is 26.8 Å². The summed E-state index contributed by atoms with van der Waals surface area (Å²) in [6.45, 7) is 4.42. The fourth-order valence-corrected chi connectivity index (χ4v) is 6.05. The molecule has 0 radical (unpaired) electrons. The van der Waals surface area contributed by atoms with Crippen molar-refractivity contribution in [2.24, 2.45) is 5.92 Å². The van der Waals surface area contributed by atoms with Crippen molar-refractivity contribution in [1.82, 2.24) is 20.2 Å². The number of alkyl halides is 3. The summed E-state index contributed by atoms with van der Waals surface area (Å²) in [6, 6.07) is 5.00. The van der Waals surface area contributed by atoms with Crippen LogP contribution in [-0.4, -0.2) is 68.0 Å². The molecule has 3 aromatic heterocycles. The standard InChI is InChI=1S/C25H29F3N6O4S/c1-14(2)19(13-38-23(35)25(26,27)28)29-22-21-16(7-11-39(21)36)30-24(31-22)34-8-5-15(6-9-34)17-12-18(33-32-17)20-4-3-10-37-20/h3-4,10,12,14-15,19H,5-9,11,13H2,1-2H3,(H,32,33)(H,29,30,31)/t19?,39-/m1/s1. The highest BCUT2D eigenvalue weighted by molar-refractivity contribution is 7.85. The third-order valence-corrected chi connectivity index (χ3v) is 8.48. The predicted octanol–water partition coefficient (Wildman–Crippen LogP) is 4.05. The highest BCUT2D eigenvalue weighted by Crippen LogP contribution is 2.34. The summed E-state index contributed by atoms with van der Waals surface area (Å²) in [5.74, 6) is -0.292. The van der Waals surface area contributed by atoms with Crippen molar-refractivity contribution in [3.8, 4) is 11.5 Å². The summed E-state index contributed by atoms with van der Waals surface area (Å²) in [7, 11) is -1.33. The van der Waals surface area contributed by atoms with Gasteiger partial charge in [0.2, 0.25) is 5.95 Å². The lowest BCUT2D eigenvalue weighted by atomic mass is 9.93. The number of nitrogens with one attached hydrogen (secondary N) is 2. The van der Waals surface area contributed by atoms with Gasteiger partial charge in [-0.1, -0.05) is 13.8 Å². The fourth-order valence-electron chi connectivity index (χ4n) is 4.73.